The van der Waals surface area contributed by atoms with E-state index in [0.717, 1.165) is 17.9 Å². The van der Waals surface area contributed by atoms with Crippen LogP contribution < -0.4 is 9.47 Å². The summed E-state index contributed by atoms with van der Waals surface area (Å²) >= 11 is 1.84. The predicted molar refractivity (Wildman–Crippen MR) is 69.3 cm³/mol. The highest BCUT2D eigenvalue weighted by Gasteiger charge is 2.26. The summed E-state index contributed by atoms with van der Waals surface area (Å²) < 4.78 is 10.4. The van der Waals surface area contributed by atoms with Gasteiger partial charge in [-0.05, 0) is 30.4 Å². The Bertz CT molecular complexity index is 411. The van der Waals surface area contributed by atoms with Gasteiger partial charge in [-0.1, -0.05) is 0 Å². The zero-order valence-electron chi connectivity index (χ0n) is 10.1. The van der Waals surface area contributed by atoms with Crippen LogP contribution in [-0.2, 0) is 0 Å². The molecule has 1 aliphatic heterocycles. The molecule has 4 heteroatoms. The van der Waals surface area contributed by atoms with Crippen molar-refractivity contribution in [3.05, 3.63) is 23.8 Å². The van der Waals surface area contributed by atoms with Crippen molar-refractivity contribution < 1.29 is 14.3 Å². The van der Waals surface area contributed by atoms with Gasteiger partial charge in [0.2, 0.25) is 0 Å². The predicted octanol–water partition coefficient (Wildman–Crippen LogP) is 2.64. The van der Waals surface area contributed by atoms with Crippen molar-refractivity contribution in [2.75, 3.05) is 25.7 Å². The largest absolute Gasteiger partial charge is 0.497 e. The Balaban J connectivity index is 2.30. The van der Waals surface area contributed by atoms with Crippen LogP contribution in [0.5, 0.6) is 11.5 Å². The molecule has 0 aromatic heterocycles. The Kier molecular flexibility index (Phi) is 3.94. The van der Waals surface area contributed by atoms with E-state index in [1.165, 1.54) is 0 Å². The minimum Gasteiger partial charge on any atom is -0.497 e. The van der Waals surface area contributed by atoms with Crippen LogP contribution in [0.2, 0.25) is 0 Å². The van der Waals surface area contributed by atoms with Gasteiger partial charge in [-0.2, -0.15) is 11.8 Å². The molecule has 0 amide bonds. The summed E-state index contributed by atoms with van der Waals surface area (Å²) in [5.41, 5.74) is 0.638. The molecule has 1 atom stereocenters. The fourth-order valence-corrected chi connectivity index (χ4v) is 3.19. The van der Waals surface area contributed by atoms with Gasteiger partial charge in [0, 0.05) is 11.7 Å². The maximum Gasteiger partial charge on any atom is 0.170 e. The SMILES string of the molecule is COc1ccc(OC)c(C(=O)C2CCSC2)c1. The molecular formula is C13H16O3S. The third-order valence-electron chi connectivity index (χ3n) is 2.97. The molecule has 1 saturated heterocycles. The van der Waals surface area contributed by atoms with Crippen molar-refractivity contribution >= 4 is 17.5 Å². The van der Waals surface area contributed by atoms with E-state index < -0.39 is 0 Å². The summed E-state index contributed by atoms with van der Waals surface area (Å²) in [6.07, 6.45) is 0.962. The average molecular weight is 252 g/mol. The second-order valence-electron chi connectivity index (χ2n) is 3.99. The van der Waals surface area contributed by atoms with E-state index in [1.54, 1.807) is 32.4 Å². The fraction of sp³-hybridized carbons (Fsp3) is 0.462. The van der Waals surface area contributed by atoms with E-state index in [2.05, 4.69) is 0 Å². The summed E-state index contributed by atoms with van der Waals surface area (Å²) in [6.45, 7) is 0. The lowest BCUT2D eigenvalue weighted by Gasteiger charge is -2.12. The first kappa shape index (κ1) is 12.3. The van der Waals surface area contributed by atoms with E-state index in [9.17, 15) is 4.79 Å². The van der Waals surface area contributed by atoms with Crippen molar-refractivity contribution in [1.82, 2.24) is 0 Å². The van der Waals surface area contributed by atoms with E-state index in [1.807, 2.05) is 11.8 Å². The topological polar surface area (TPSA) is 35.5 Å². The number of benzene rings is 1. The van der Waals surface area contributed by atoms with Gasteiger partial charge in [-0.15, -0.1) is 0 Å². The maximum absolute atomic E-state index is 12.3. The molecule has 92 valence electrons. The average Bonchev–Trinajstić information content (AvgIpc) is 2.91. The molecule has 0 spiro atoms. The molecule has 17 heavy (non-hydrogen) atoms. The van der Waals surface area contributed by atoms with Crippen LogP contribution in [0, 0.1) is 5.92 Å². The zero-order chi connectivity index (χ0) is 12.3. The summed E-state index contributed by atoms with van der Waals surface area (Å²) in [4.78, 5) is 12.3. The summed E-state index contributed by atoms with van der Waals surface area (Å²) in [5.74, 6) is 3.61. The minimum atomic E-state index is 0.126. The molecule has 1 unspecified atom stereocenters. The van der Waals surface area contributed by atoms with E-state index in [-0.39, 0.29) is 11.7 Å². The third kappa shape index (κ3) is 2.57. The van der Waals surface area contributed by atoms with Crippen LogP contribution in [0.4, 0.5) is 0 Å². The second-order valence-corrected chi connectivity index (χ2v) is 5.14. The summed E-state index contributed by atoms with van der Waals surface area (Å²) in [6, 6.07) is 5.36. The van der Waals surface area contributed by atoms with E-state index >= 15 is 0 Å². The number of carbonyl (C=O) groups is 1. The molecule has 0 bridgehead atoms. The lowest BCUT2D eigenvalue weighted by molar-refractivity contribution is 0.0930. The van der Waals surface area contributed by atoms with Gasteiger partial charge >= 0.3 is 0 Å². The normalized spacial score (nSPS) is 19.1. The standard InChI is InChI=1S/C13H16O3S/c1-15-10-3-4-12(16-2)11(7-10)13(14)9-5-6-17-8-9/h3-4,7,9H,5-6,8H2,1-2H3. The van der Waals surface area contributed by atoms with Gasteiger partial charge in [-0.25, -0.2) is 0 Å². The molecule has 2 rings (SSSR count). The van der Waals surface area contributed by atoms with Crippen molar-refractivity contribution in [2.45, 2.75) is 6.42 Å². The van der Waals surface area contributed by atoms with Gasteiger partial charge < -0.3 is 9.47 Å². The molecule has 1 heterocycles. The Hall–Kier alpha value is -1.16. The highest BCUT2D eigenvalue weighted by Crippen LogP contribution is 2.31. The number of hydrogen-bond acceptors (Lipinski definition) is 4. The van der Waals surface area contributed by atoms with Crippen molar-refractivity contribution in [2.24, 2.45) is 5.92 Å². The molecule has 1 aliphatic rings. The molecule has 0 aliphatic carbocycles. The Morgan fingerprint density at radius 1 is 1.35 bits per heavy atom. The maximum atomic E-state index is 12.3. The quantitative estimate of drug-likeness (QED) is 0.772. The molecular weight excluding hydrogens is 236 g/mol. The minimum absolute atomic E-state index is 0.126. The van der Waals surface area contributed by atoms with Crippen molar-refractivity contribution in [3.8, 4) is 11.5 Å². The lowest BCUT2D eigenvalue weighted by Crippen LogP contribution is -2.15. The molecule has 0 radical (unpaired) electrons. The summed E-state index contributed by atoms with van der Waals surface area (Å²) in [7, 11) is 3.18. The molecule has 1 fully saturated rings. The van der Waals surface area contributed by atoms with Crippen LogP contribution in [-0.4, -0.2) is 31.5 Å². The molecule has 0 saturated carbocycles. The van der Waals surface area contributed by atoms with Crippen LogP contribution in [0.25, 0.3) is 0 Å². The van der Waals surface area contributed by atoms with Crippen LogP contribution in [0.15, 0.2) is 18.2 Å². The van der Waals surface area contributed by atoms with Crippen molar-refractivity contribution in [3.63, 3.8) is 0 Å². The highest BCUT2D eigenvalue weighted by molar-refractivity contribution is 7.99. The Labute approximate surface area is 105 Å². The van der Waals surface area contributed by atoms with Crippen LogP contribution in [0.3, 0.4) is 0 Å². The molecule has 3 nitrogen and oxygen atoms in total. The van der Waals surface area contributed by atoms with Crippen LogP contribution in [0.1, 0.15) is 16.8 Å². The first-order valence-electron chi connectivity index (χ1n) is 5.60. The molecule has 0 N–H and O–H groups in total. The lowest BCUT2D eigenvalue weighted by atomic mass is 9.96. The smallest absolute Gasteiger partial charge is 0.170 e. The van der Waals surface area contributed by atoms with Crippen LogP contribution >= 0.6 is 11.8 Å². The first-order valence-corrected chi connectivity index (χ1v) is 6.75. The van der Waals surface area contributed by atoms with E-state index in [0.29, 0.717) is 17.1 Å². The van der Waals surface area contributed by atoms with Gasteiger partial charge in [0.25, 0.3) is 0 Å². The number of methoxy groups -OCH3 is 2. The van der Waals surface area contributed by atoms with Crippen molar-refractivity contribution in [1.29, 1.82) is 0 Å². The number of Topliss-reactive ketones (excluding diaryl/α,β-unsaturated/α-hetero) is 1. The first-order chi connectivity index (χ1) is 8.26. The number of rotatable bonds is 4. The van der Waals surface area contributed by atoms with E-state index in [4.69, 9.17) is 9.47 Å². The number of ether oxygens (including phenoxy) is 2. The monoisotopic (exact) mass is 252 g/mol. The Morgan fingerprint density at radius 2 is 2.18 bits per heavy atom. The second kappa shape index (κ2) is 5.45. The number of hydrogen-bond donors (Lipinski definition) is 0. The Morgan fingerprint density at radius 3 is 2.76 bits per heavy atom. The number of thioether (sulfide) groups is 1. The highest BCUT2D eigenvalue weighted by atomic mass is 32.2. The van der Waals surface area contributed by atoms with Gasteiger partial charge in [0.05, 0.1) is 19.8 Å². The summed E-state index contributed by atoms with van der Waals surface area (Å²) in [5, 5.41) is 0. The number of ketones is 1. The third-order valence-corrected chi connectivity index (χ3v) is 4.14. The fourth-order valence-electron chi connectivity index (χ4n) is 1.97. The molecule has 1 aromatic carbocycles. The zero-order valence-corrected chi connectivity index (χ0v) is 10.9. The van der Waals surface area contributed by atoms with Gasteiger partial charge in [0.15, 0.2) is 5.78 Å². The molecule has 1 aromatic rings. The number of carbonyl (C=O) groups excluding carboxylic acids is 1. The van der Waals surface area contributed by atoms with Gasteiger partial charge in [0.1, 0.15) is 11.5 Å². The van der Waals surface area contributed by atoms with Gasteiger partial charge in [-0.3, -0.25) is 4.79 Å².